The molecule has 0 aliphatic rings. The highest BCUT2D eigenvalue weighted by molar-refractivity contribution is 6.32. The van der Waals surface area contributed by atoms with Gasteiger partial charge in [0.25, 0.3) is 0 Å². The van der Waals surface area contributed by atoms with Crippen molar-refractivity contribution in [2.24, 2.45) is 0 Å². The number of benzene rings is 2. The summed E-state index contributed by atoms with van der Waals surface area (Å²) < 4.78 is 5.17. The predicted octanol–water partition coefficient (Wildman–Crippen LogP) is 4.47. The van der Waals surface area contributed by atoms with Crippen molar-refractivity contribution < 1.29 is 4.74 Å². The van der Waals surface area contributed by atoms with Crippen LogP contribution in [0.2, 0.25) is 5.02 Å². The van der Waals surface area contributed by atoms with Crippen molar-refractivity contribution in [1.29, 1.82) is 0 Å². The molecule has 0 aliphatic carbocycles. The van der Waals surface area contributed by atoms with Crippen LogP contribution in [0.5, 0.6) is 5.75 Å². The Bertz CT molecular complexity index is 552. The Kier molecular flexibility index (Phi) is 4.87. The molecule has 3 heteroatoms. The summed E-state index contributed by atoms with van der Waals surface area (Å²) in [5, 5.41) is 3.91. The molecule has 0 aromatic heterocycles. The molecule has 2 aromatic carbocycles. The van der Waals surface area contributed by atoms with E-state index in [0.29, 0.717) is 10.8 Å². The van der Waals surface area contributed by atoms with Crippen LogP contribution in [0.1, 0.15) is 5.56 Å². The van der Waals surface area contributed by atoms with Crippen molar-refractivity contribution in [3.05, 3.63) is 65.2 Å². The highest BCUT2D eigenvalue weighted by Gasteiger charge is 2.00. The normalized spacial score (nSPS) is 10.6. The maximum Gasteiger partial charge on any atom is 0.139 e. The lowest BCUT2D eigenvalue weighted by molar-refractivity contribution is 0.415. The zero-order valence-electron chi connectivity index (χ0n) is 10.8. The van der Waals surface area contributed by atoms with Gasteiger partial charge in [-0.05, 0) is 17.7 Å². The van der Waals surface area contributed by atoms with E-state index in [-0.39, 0.29) is 0 Å². The quantitative estimate of drug-likeness (QED) is 0.868. The first kappa shape index (κ1) is 13.5. The minimum atomic E-state index is 0.618. The first-order valence-electron chi connectivity index (χ1n) is 6.08. The van der Waals surface area contributed by atoms with Gasteiger partial charge in [-0.15, -0.1) is 0 Å². The second-order valence-corrected chi connectivity index (χ2v) is 4.45. The zero-order chi connectivity index (χ0) is 13.5. The molecule has 0 aliphatic heterocycles. The SMILES string of the molecule is COc1cc(NC/C=C/c2ccccc2)ccc1Cl. The van der Waals surface area contributed by atoms with E-state index < -0.39 is 0 Å². The number of anilines is 1. The van der Waals surface area contributed by atoms with Crippen LogP contribution >= 0.6 is 11.6 Å². The van der Waals surface area contributed by atoms with Crippen molar-refractivity contribution in [2.75, 3.05) is 19.0 Å². The van der Waals surface area contributed by atoms with Gasteiger partial charge in [-0.2, -0.15) is 0 Å². The van der Waals surface area contributed by atoms with Gasteiger partial charge in [0.1, 0.15) is 5.75 Å². The van der Waals surface area contributed by atoms with Crippen molar-refractivity contribution in [2.45, 2.75) is 0 Å². The molecule has 0 amide bonds. The smallest absolute Gasteiger partial charge is 0.139 e. The Morgan fingerprint density at radius 3 is 2.68 bits per heavy atom. The van der Waals surface area contributed by atoms with Crippen LogP contribution in [0, 0.1) is 0 Å². The van der Waals surface area contributed by atoms with Gasteiger partial charge >= 0.3 is 0 Å². The number of rotatable bonds is 5. The first-order chi connectivity index (χ1) is 9.29. The Labute approximate surface area is 118 Å². The molecule has 0 saturated heterocycles. The average Bonchev–Trinajstić information content (AvgIpc) is 2.46. The van der Waals surface area contributed by atoms with Crippen LogP contribution in [0.25, 0.3) is 6.08 Å². The Hall–Kier alpha value is -1.93. The van der Waals surface area contributed by atoms with Crippen LogP contribution in [0.4, 0.5) is 5.69 Å². The lowest BCUT2D eigenvalue weighted by Gasteiger charge is -2.07. The van der Waals surface area contributed by atoms with Crippen molar-refractivity contribution in [1.82, 2.24) is 0 Å². The second-order valence-electron chi connectivity index (χ2n) is 4.04. The van der Waals surface area contributed by atoms with E-state index in [4.69, 9.17) is 16.3 Å². The topological polar surface area (TPSA) is 21.3 Å². The molecular formula is C16H16ClNO. The van der Waals surface area contributed by atoms with Gasteiger partial charge in [0.15, 0.2) is 0 Å². The summed E-state index contributed by atoms with van der Waals surface area (Å²) in [5.74, 6) is 0.679. The number of methoxy groups -OCH3 is 1. The molecule has 0 radical (unpaired) electrons. The van der Waals surface area contributed by atoms with Gasteiger partial charge < -0.3 is 10.1 Å². The van der Waals surface area contributed by atoms with Crippen molar-refractivity contribution >= 4 is 23.4 Å². The van der Waals surface area contributed by atoms with Crippen LogP contribution in [0.3, 0.4) is 0 Å². The fraction of sp³-hybridized carbons (Fsp3) is 0.125. The van der Waals surface area contributed by atoms with E-state index in [0.717, 1.165) is 12.2 Å². The van der Waals surface area contributed by atoms with E-state index in [1.54, 1.807) is 7.11 Å². The highest BCUT2D eigenvalue weighted by atomic mass is 35.5. The molecule has 19 heavy (non-hydrogen) atoms. The van der Waals surface area contributed by atoms with E-state index in [2.05, 4.69) is 29.6 Å². The Morgan fingerprint density at radius 2 is 1.95 bits per heavy atom. The first-order valence-corrected chi connectivity index (χ1v) is 6.46. The number of halogens is 1. The molecule has 2 nitrogen and oxygen atoms in total. The Balaban J connectivity index is 1.91. The van der Waals surface area contributed by atoms with Crippen molar-refractivity contribution in [3.8, 4) is 5.75 Å². The van der Waals surface area contributed by atoms with Gasteiger partial charge in [-0.3, -0.25) is 0 Å². The summed E-state index contributed by atoms with van der Waals surface area (Å²) in [7, 11) is 1.61. The number of nitrogens with one attached hydrogen (secondary N) is 1. The summed E-state index contributed by atoms with van der Waals surface area (Å²) in [4.78, 5) is 0. The van der Waals surface area contributed by atoms with Crippen LogP contribution in [0.15, 0.2) is 54.6 Å². The minimum absolute atomic E-state index is 0.618. The van der Waals surface area contributed by atoms with Crippen LogP contribution in [-0.4, -0.2) is 13.7 Å². The standard InChI is InChI=1S/C16H16ClNO/c1-19-16-12-14(9-10-15(16)17)18-11-5-8-13-6-3-2-4-7-13/h2-10,12,18H,11H2,1H3/b8-5+. The lowest BCUT2D eigenvalue weighted by Crippen LogP contribution is -1.98. The fourth-order valence-electron chi connectivity index (χ4n) is 1.71. The third-order valence-corrected chi connectivity index (χ3v) is 3.00. The molecule has 2 rings (SSSR count). The molecule has 1 N–H and O–H groups in total. The van der Waals surface area contributed by atoms with Gasteiger partial charge in [-0.25, -0.2) is 0 Å². The molecule has 2 aromatic rings. The molecule has 0 atom stereocenters. The van der Waals surface area contributed by atoms with Gasteiger partial charge in [0.2, 0.25) is 0 Å². The van der Waals surface area contributed by atoms with Crippen molar-refractivity contribution in [3.63, 3.8) is 0 Å². The maximum atomic E-state index is 5.97. The second kappa shape index (κ2) is 6.86. The molecule has 0 unspecified atom stereocenters. The average molecular weight is 274 g/mol. The Morgan fingerprint density at radius 1 is 1.16 bits per heavy atom. The third kappa shape index (κ3) is 4.04. The lowest BCUT2D eigenvalue weighted by atomic mass is 10.2. The van der Waals surface area contributed by atoms with Gasteiger partial charge in [0.05, 0.1) is 12.1 Å². The molecule has 98 valence electrons. The van der Waals surface area contributed by atoms with E-state index in [1.165, 1.54) is 5.56 Å². The van der Waals surface area contributed by atoms with Gasteiger partial charge in [0, 0.05) is 18.3 Å². The summed E-state index contributed by atoms with van der Waals surface area (Å²) in [6.07, 6.45) is 4.16. The maximum absolute atomic E-state index is 5.97. The monoisotopic (exact) mass is 273 g/mol. The fourth-order valence-corrected chi connectivity index (χ4v) is 1.90. The van der Waals surface area contributed by atoms with Crippen LogP contribution in [-0.2, 0) is 0 Å². The third-order valence-electron chi connectivity index (χ3n) is 2.69. The highest BCUT2D eigenvalue weighted by Crippen LogP contribution is 2.27. The number of ether oxygens (including phenoxy) is 1. The summed E-state index contributed by atoms with van der Waals surface area (Å²) in [6, 6.07) is 15.8. The summed E-state index contributed by atoms with van der Waals surface area (Å²) in [5.41, 5.74) is 2.18. The molecule has 0 heterocycles. The number of hydrogen-bond donors (Lipinski definition) is 1. The molecule has 0 fully saturated rings. The molecule has 0 spiro atoms. The molecule has 0 saturated carbocycles. The van der Waals surface area contributed by atoms with E-state index in [1.807, 2.05) is 36.4 Å². The number of hydrogen-bond acceptors (Lipinski definition) is 2. The largest absolute Gasteiger partial charge is 0.495 e. The summed E-state index contributed by atoms with van der Waals surface area (Å²) >= 11 is 5.97. The molecular weight excluding hydrogens is 258 g/mol. The molecule has 0 bridgehead atoms. The minimum Gasteiger partial charge on any atom is -0.495 e. The van der Waals surface area contributed by atoms with E-state index in [9.17, 15) is 0 Å². The van der Waals surface area contributed by atoms with E-state index >= 15 is 0 Å². The summed E-state index contributed by atoms with van der Waals surface area (Å²) in [6.45, 7) is 0.750. The predicted molar refractivity (Wildman–Crippen MR) is 82.0 cm³/mol. The van der Waals surface area contributed by atoms with Crippen LogP contribution < -0.4 is 10.1 Å². The van der Waals surface area contributed by atoms with Gasteiger partial charge in [-0.1, -0.05) is 54.1 Å². The zero-order valence-corrected chi connectivity index (χ0v) is 11.5.